The molecular weight excluding hydrogens is 659 g/mol. The smallest absolute Gasteiger partial charge is 0.235 e. The van der Waals surface area contributed by atoms with Gasteiger partial charge in [-0.2, -0.15) is 0 Å². The molecule has 0 aliphatic rings. The van der Waals surface area contributed by atoms with Crippen molar-refractivity contribution in [3.8, 4) is 17.2 Å². The number of aromatic nitrogens is 3. The second-order valence-corrected chi connectivity index (χ2v) is 15.3. The number of thiophene rings is 2. The Morgan fingerprint density at radius 3 is 1.76 bits per heavy atom. The minimum Gasteiger partial charge on any atom is -0.277 e. The van der Waals surface area contributed by atoms with Crippen molar-refractivity contribution in [3.63, 3.8) is 0 Å². The molecule has 4 aromatic heterocycles. The number of nitrogens with zero attached hydrogens (tertiary/aromatic N) is 3. The van der Waals surface area contributed by atoms with Crippen LogP contribution in [-0.2, 0) is 0 Å². The lowest BCUT2D eigenvalue weighted by Gasteiger charge is -2.12. The molecule has 4 heterocycles. The lowest BCUT2D eigenvalue weighted by Crippen LogP contribution is -2.03. The van der Waals surface area contributed by atoms with Crippen molar-refractivity contribution in [2.24, 2.45) is 0 Å². The van der Waals surface area contributed by atoms with E-state index in [0.717, 1.165) is 32.5 Å². The molecule has 0 aliphatic carbocycles. The fraction of sp³-hybridized carbons (Fsp3) is 0. The fourth-order valence-corrected chi connectivity index (χ4v) is 11.1. The molecule has 0 saturated heterocycles. The van der Waals surface area contributed by atoms with Gasteiger partial charge >= 0.3 is 0 Å². The third-order valence-corrected chi connectivity index (χ3v) is 13.0. The van der Waals surface area contributed by atoms with Crippen LogP contribution in [0.3, 0.4) is 0 Å². The highest BCUT2D eigenvalue weighted by Gasteiger charge is 2.25. The Hall–Kier alpha value is -6.14. The minimum absolute atomic E-state index is 0.690. The van der Waals surface area contributed by atoms with Gasteiger partial charge in [0.15, 0.2) is 0 Å². The lowest BCUT2D eigenvalue weighted by atomic mass is 9.98. The molecule has 0 bridgehead atoms. The average Bonchev–Trinajstić information content (AvgIpc) is 3.89. The molecule has 0 N–H and O–H groups in total. The van der Waals surface area contributed by atoms with Gasteiger partial charge in [-0.25, -0.2) is 9.97 Å². The predicted octanol–water partition coefficient (Wildman–Crippen LogP) is 13.4. The molecule has 0 aliphatic heterocycles. The molecular formula is C46H25N3S2. The SMILES string of the molecule is c1ccc(-c2nc(-n3c4ccccc4c4c5sc6ccccc6c5c5ccccc5c43)nc3c2sc2c4ccccc4c4ccccc4c32)cc1. The Kier molecular flexibility index (Phi) is 5.53. The van der Waals surface area contributed by atoms with Crippen LogP contribution in [0.5, 0.6) is 0 Å². The molecule has 5 heteroatoms. The number of para-hydroxylation sites is 1. The van der Waals surface area contributed by atoms with Crippen LogP contribution in [0, 0.1) is 0 Å². The van der Waals surface area contributed by atoms with Gasteiger partial charge in [0.1, 0.15) is 0 Å². The summed E-state index contributed by atoms with van der Waals surface area (Å²) in [4.78, 5) is 11.2. The zero-order chi connectivity index (χ0) is 33.2. The summed E-state index contributed by atoms with van der Waals surface area (Å²) >= 11 is 3.70. The average molecular weight is 684 g/mol. The van der Waals surface area contributed by atoms with Gasteiger partial charge in [-0.3, -0.25) is 4.57 Å². The van der Waals surface area contributed by atoms with E-state index in [4.69, 9.17) is 9.97 Å². The van der Waals surface area contributed by atoms with E-state index in [1.165, 1.54) is 73.3 Å². The molecule has 0 atom stereocenters. The summed E-state index contributed by atoms with van der Waals surface area (Å²) in [5, 5.41) is 13.8. The van der Waals surface area contributed by atoms with Gasteiger partial charge in [0.2, 0.25) is 5.95 Å². The van der Waals surface area contributed by atoms with Crippen LogP contribution in [0.2, 0.25) is 0 Å². The van der Waals surface area contributed by atoms with Gasteiger partial charge in [0.05, 0.1) is 26.9 Å². The number of hydrogen-bond donors (Lipinski definition) is 0. The van der Waals surface area contributed by atoms with Crippen molar-refractivity contribution in [2.75, 3.05) is 0 Å². The summed E-state index contributed by atoms with van der Waals surface area (Å²) in [6.45, 7) is 0. The molecule has 12 rings (SSSR count). The Labute approximate surface area is 299 Å². The monoisotopic (exact) mass is 683 g/mol. The predicted molar refractivity (Wildman–Crippen MR) is 220 cm³/mol. The number of fused-ring (bicyclic) bond motifs is 18. The second-order valence-electron chi connectivity index (χ2n) is 13.2. The maximum Gasteiger partial charge on any atom is 0.235 e. The highest BCUT2D eigenvalue weighted by atomic mass is 32.1. The van der Waals surface area contributed by atoms with Crippen molar-refractivity contribution in [1.29, 1.82) is 0 Å². The van der Waals surface area contributed by atoms with Crippen LogP contribution in [0.4, 0.5) is 0 Å². The van der Waals surface area contributed by atoms with Crippen LogP contribution in [0.15, 0.2) is 152 Å². The first-order chi connectivity index (χ1) is 25.3. The molecule has 0 saturated carbocycles. The summed E-state index contributed by atoms with van der Waals surface area (Å²) in [6.07, 6.45) is 0. The minimum atomic E-state index is 0.690. The van der Waals surface area contributed by atoms with E-state index in [0.29, 0.717) is 5.95 Å². The van der Waals surface area contributed by atoms with Crippen molar-refractivity contribution < 1.29 is 0 Å². The summed E-state index contributed by atoms with van der Waals surface area (Å²) in [6, 6.07) is 54.7. The van der Waals surface area contributed by atoms with E-state index in [2.05, 4.69) is 156 Å². The van der Waals surface area contributed by atoms with Crippen LogP contribution >= 0.6 is 22.7 Å². The van der Waals surface area contributed by atoms with Crippen LogP contribution in [0.1, 0.15) is 0 Å². The molecule has 236 valence electrons. The van der Waals surface area contributed by atoms with E-state index in [1.807, 2.05) is 22.7 Å². The summed E-state index contributed by atoms with van der Waals surface area (Å²) in [7, 11) is 0. The second kappa shape index (κ2) is 10.2. The van der Waals surface area contributed by atoms with Crippen molar-refractivity contribution in [1.82, 2.24) is 14.5 Å². The van der Waals surface area contributed by atoms with Crippen molar-refractivity contribution in [2.45, 2.75) is 0 Å². The lowest BCUT2D eigenvalue weighted by molar-refractivity contribution is 1.02. The highest BCUT2D eigenvalue weighted by Crippen LogP contribution is 2.49. The first kappa shape index (κ1) is 27.7. The number of hydrogen-bond acceptors (Lipinski definition) is 4. The van der Waals surface area contributed by atoms with Crippen LogP contribution in [0.25, 0.3) is 112 Å². The van der Waals surface area contributed by atoms with E-state index in [1.54, 1.807) is 0 Å². The third-order valence-electron chi connectivity index (χ3n) is 10.6. The van der Waals surface area contributed by atoms with Crippen molar-refractivity contribution >= 4 is 117 Å². The molecule has 51 heavy (non-hydrogen) atoms. The number of benzene rings is 8. The summed E-state index contributed by atoms with van der Waals surface area (Å²) in [5.74, 6) is 0.690. The zero-order valence-electron chi connectivity index (χ0n) is 27.1. The highest BCUT2D eigenvalue weighted by molar-refractivity contribution is 7.27. The summed E-state index contributed by atoms with van der Waals surface area (Å²) in [5.41, 5.74) is 5.31. The van der Waals surface area contributed by atoms with Gasteiger partial charge < -0.3 is 0 Å². The van der Waals surface area contributed by atoms with Crippen LogP contribution < -0.4 is 0 Å². The third kappa shape index (κ3) is 3.66. The Morgan fingerprint density at radius 1 is 0.392 bits per heavy atom. The Bertz CT molecular complexity index is 3420. The van der Waals surface area contributed by atoms with E-state index < -0.39 is 0 Å². The van der Waals surface area contributed by atoms with E-state index >= 15 is 0 Å². The topological polar surface area (TPSA) is 30.7 Å². The molecule has 12 aromatic rings. The Balaban J connectivity index is 1.33. The van der Waals surface area contributed by atoms with Crippen molar-refractivity contribution in [3.05, 3.63) is 152 Å². The van der Waals surface area contributed by atoms with E-state index in [9.17, 15) is 0 Å². The maximum absolute atomic E-state index is 5.64. The molecule has 3 nitrogen and oxygen atoms in total. The number of rotatable bonds is 2. The normalized spacial score (nSPS) is 12.3. The standard InChI is InChI=1S/C46H25N3S2/c1-2-14-26(15-3-1)40-45-41(38-29-18-6-4-16-27(29)28-17-5-9-21-32(28)43(38)51-45)48-46(47-40)49-35-24-12-10-22-33(35)39-42(49)31-20-8-7-19-30(31)37-34-23-11-13-25-36(34)50-44(37)39/h1-25H. The molecule has 0 amide bonds. The van der Waals surface area contributed by atoms with Gasteiger partial charge in [-0.15, -0.1) is 22.7 Å². The quantitative estimate of drug-likeness (QED) is 0.170. The van der Waals surface area contributed by atoms with Gasteiger partial charge in [-0.1, -0.05) is 140 Å². The fourth-order valence-electron chi connectivity index (χ4n) is 8.48. The molecule has 0 spiro atoms. The van der Waals surface area contributed by atoms with E-state index in [-0.39, 0.29) is 0 Å². The molecule has 0 unspecified atom stereocenters. The zero-order valence-corrected chi connectivity index (χ0v) is 28.7. The largest absolute Gasteiger partial charge is 0.277 e. The summed E-state index contributed by atoms with van der Waals surface area (Å²) < 4.78 is 7.31. The van der Waals surface area contributed by atoms with Gasteiger partial charge in [0.25, 0.3) is 0 Å². The first-order valence-electron chi connectivity index (χ1n) is 17.2. The van der Waals surface area contributed by atoms with Crippen LogP contribution in [-0.4, -0.2) is 14.5 Å². The van der Waals surface area contributed by atoms with Gasteiger partial charge in [0, 0.05) is 57.4 Å². The first-order valence-corrected chi connectivity index (χ1v) is 18.8. The molecule has 8 aromatic carbocycles. The van der Waals surface area contributed by atoms with Gasteiger partial charge in [-0.05, 0) is 33.7 Å². The molecule has 0 fully saturated rings. The molecule has 0 radical (unpaired) electrons. The Morgan fingerprint density at radius 2 is 0.980 bits per heavy atom. The maximum atomic E-state index is 5.64.